The van der Waals surface area contributed by atoms with Crippen molar-refractivity contribution in [3.63, 3.8) is 0 Å². The average molecular weight is 1060 g/mol. The first-order valence-electron chi connectivity index (χ1n) is 19.6. The molecule has 0 aromatic carbocycles. The molecular formula is C39H47F8N11O7S4. The third kappa shape index (κ3) is 14.6. The van der Waals surface area contributed by atoms with Gasteiger partial charge in [0.15, 0.2) is 29.2 Å². The van der Waals surface area contributed by atoms with E-state index in [1.807, 2.05) is 4.90 Å². The molecule has 30 heteroatoms. The minimum Gasteiger partial charge on any atom is -0.477 e. The van der Waals surface area contributed by atoms with Crippen molar-refractivity contribution in [1.29, 1.82) is 0 Å². The van der Waals surface area contributed by atoms with Crippen LogP contribution in [0.15, 0.2) is 60.9 Å². The fourth-order valence-corrected chi connectivity index (χ4v) is 7.15. The van der Waals surface area contributed by atoms with E-state index in [0.717, 1.165) is 37.1 Å². The molecule has 4 aliphatic rings. The monoisotopic (exact) mass is 1060 g/mol. The van der Waals surface area contributed by atoms with E-state index >= 15 is 0 Å². The van der Waals surface area contributed by atoms with Crippen LogP contribution in [-0.2, 0) is 0 Å². The van der Waals surface area contributed by atoms with Crippen molar-refractivity contribution >= 4 is 112 Å². The number of aromatic nitrogens is 4. The summed E-state index contributed by atoms with van der Waals surface area (Å²) >= 11 is 0. The van der Waals surface area contributed by atoms with Gasteiger partial charge in [-0.05, 0) is 67.8 Å². The fraction of sp³-hybridized carbons (Fsp3) is 0.385. The quantitative estimate of drug-likeness (QED) is 0.0957. The third-order valence-electron chi connectivity index (χ3n) is 10.4. The van der Waals surface area contributed by atoms with Gasteiger partial charge in [-0.15, -0.1) is 0 Å². The van der Waals surface area contributed by atoms with E-state index in [1.54, 1.807) is 12.1 Å². The Labute approximate surface area is 415 Å². The molecule has 2 saturated heterocycles. The molecule has 2 fully saturated rings. The van der Waals surface area contributed by atoms with Gasteiger partial charge in [-0.25, -0.2) is 43.1 Å². The van der Waals surface area contributed by atoms with E-state index in [0.29, 0.717) is 37.6 Å². The van der Waals surface area contributed by atoms with Gasteiger partial charge in [-0.3, -0.25) is 25.2 Å². The Morgan fingerprint density at radius 1 is 0.667 bits per heavy atom. The molecule has 8 heterocycles. The first kappa shape index (κ1) is 59.7. The van der Waals surface area contributed by atoms with Crippen molar-refractivity contribution in [1.82, 2.24) is 19.9 Å². The number of fused-ring (bicyclic) bond motifs is 8. The van der Waals surface area contributed by atoms with Crippen LogP contribution < -0.4 is 36.0 Å². The second-order valence-corrected chi connectivity index (χ2v) is 14.8. The number of carboxylic acid groups (broad SMARTS) is 1. The highest BCUT2D eigenvalue weighted by atomic mass is 32.1. The molecule has 7 N–H and O–H groups in total. The number of aliphatic hydroxyl groups is 2. The van der Waals surface area contributed by atoms with Gasteiger partial charge >= 0.3 is 30.4 Å². The van der Waals surface area contributed by atoms with Gasteiger partial charge in [0, 0.05) is 39.1 Å². The second kappa shape index (κ2) is 24.9. The Hall–Kier alpha value is -5.40. The summed E-state index contributed by atoms with van der Waals surface area (Å²) in [5.74, 6) is -2.03. The van der Waals surface area contributed by atoms with Gasteiger partial charge in [-0.2, -0.15) is 80.3 Å². The molecular weight excluding hydrogens is 1010 g/mol. The van der Waals surface area contributed by atoms with Crippen LogP contribution in [0, 0.1) is 11.6 Å². The van der Waals surface area contributed by atoms with Crippen LogP contribution in [0.25, 0.3) is 0 Å². The van der Waals surface area contributed by atoms with Crippen LogP contribution in [0.4, 0.5) is 79.4 Å². The maximum absolute atomic E-state index is 13.1. The number of hydrogen-bond acceptors (Lipinski definition) is 13. The van der Waals surface area contributed by atoms with Crippen molar-refractivity contribution < 1.29 is 69.6 Å². The number of carbonyl (C=O) groups excluding carboxylic acids is 3. The minimum atomic E-state index is -4.81. The number of nitrogens with zero attached hydrogens (tertiary/aromatic N) is 8. The number of rotatable bonds is 8. The van der Waals surface area contributed by atoms with Gasteiger partial charge in [0.2, 0.25) is 0 Å². The first-order chi connectivity index (χ1) is 30.6. The molecule has 4 aromatic rings. The molecule has 0 aliphatic carbocycles. The lowest BCUT2D eigenvalue weighted by atomic mass is 10.1. The summed E-state index contributed by atoms with van der Waals surface area (Å²) in [4.78, 5) is 72.4. The number of amides is 4. The van der Waals surface area contributed by atoms with E-state index in [4.69, 9.17) is 10.2 Å². The molecule has 0 saturated carbocycles. The predicted molar refractivity (Wildman–Crippen MR) is 256 cm³/mol. The van der Waals surface area contributed by atoms with Crippen molar-refractivity contribution in [3.05, 3.63) is 83.9 Å². The van der Waals surface area contributed by atoms with Crippen molar-refractivity contribution in [2.24, 2.45) is 5.73 Å². The van der Waals surface area contributed by atoms with E-state index in [1.165, 1.54) is 40.1 Å². The van der Waals surface area contributed by atoms with Crippen LogP contribution in [0.5, 0.6) is 0 Å². The fourth-order valence-electron chi connectivity index (χ4n) is 7.15. The van der Waals surface area contributed by atoms with Gasteiger partial charge in [0.05, 0.1) is 35.9 Å². The maximum Gasteiger partial charge on any atom is 0.415 e. The van der Waals surface area contributed by atoms with E-state index < -0.39 is 79.4 Å². The standard InChI is InChI=1S/C20H19F4N5O3.C16H14FN5O3.C3H6F3NO.4H2S/c21-11-1-6-17(25-9-11)27-19(32)29-12-7-8-28(10-12)14-3-2-13(26-18(14)29)15(30)4-5-16(31)20(22,23)24;17-9-1-4-13(18-7-9)20-16(25)22-10-5-6-21(8-10)12-3-2-11(15(23)24)19-14(12)22;4-3(5,6)2(8)1-7;;;;/h1-3,6,9,12,16,31H,4-5,7-8,10H2,(H,25,27,32);1-4,7,10H,5-6,8H2,(H,23,24)(H,18,20,25);2,8H,1,7H2;4*1H2/t12-,16-;10-;2-;;;;/m000..../s1. The highest BCUT2D eigenvalue weighted by Gasteiger charge is 2.43. The predicted octanol–water partition coefficient (Wildman–Crippen LogP) is 5.40. The van der Waals surface area contributed by atoms with Gasteiger partial charge < -0.3 is 30.9 Å². The molecule has 380 valence electrons. The summed E-state index contributed by atoms with van der Waals surface area (Å²) in [5, 5.41) is 31.4. The summed E-state index contributed by atoms with van der Waals surface area (Å²) < 4.78 is 96.9. The number of Topliss-reactive ketones (excluding diaryl/α,β-unsaturated/α-hetero) is 1. The molecule has 4 aliphatic heterocycles. The first-order valence-corrected chi connectivity index (χ1v) is 19.6. The van der Waals surface area contributed by atoms with Crippen molar-refractivity contribution in [2.45, 2.75) is 62.3 Å². The Bertz CT molecular complexity index is 2400. The van der Waals surface area contributed by atoms with Crippen LogP contribution >= 0.6 is 54.0 Å². The molecule has 8 rings (SSSR count). The molecule has 4 aromatic heterocycles. The normalized spacial score (nSPS) is 16.9. The Morgan fingerprint density at radius 2 is 1.09 bits per heavy atom. The number of alkyl halides is 6. The van der Waals surface area contributed by atoms with Crippen LogP contribution in [0.1, 0.15) is 46.7 Å². The van der Waals surface area contributed by atoms with Crippen LogP contribution in [0.3, 0.4) is 0 Å². The molecule has 4 amide bonds. The number of ketones is 1. The van der Waals surface area contributed by atoms with Gasteiger partial charge in [-0.1, -0.05) is 0 Å². The van der Waals surface area contributed by atoms with Crippen molar-refractivity contribution in [3.8, 4) is 0 Å². The topological polar surface area (TPSA) is 244 Å². The molecule has 4 bridgehead atoms. The lowest BCUT2D eigenvalue weighted by Crippen LogP contribution is -2.48. The smallest absolute Gasteiger partial charge is 0.415 e. The highest BCUT2D eigenvalue weighted by molar-refractivity contribution is 7.59. The number of aromatic carboxylic acids is 1. The molecule has 0 unspecified atom stereocenters. The number of anilines is 6. The number of carbonyl (C=O) groups is 4. The molecule has 69 heavy (non-hydrogen) atoms. The molecule has 4 atom stereocenters. The number of pyridine rings is 4. The minimum absolute atomic E-state index is 0. The Kier molecular flexibility index (Phi) is 21.6. The van der Waals surface area contributed by atoms with Crippen LogP contribution in [0.2, 0.25) is 0 Å². The number of aliphatic hydroxyl groups excluding tert-OH is 2. The SMILES string of the molecule is NC[C@H](O)C(F)(F)F.O=C(CC[C@H](O)C(F)(F)F)c1ccc2c(n1)N(C(=O)Nc1ccc(F)cn1)[C@H]1CCN2C1.O=C(O)c1ccc2c(n1)N(C(=O)Nc1ccc(F)cn1)[C@H]1CCN2C1.S.S.S.S. The second-order valence-electron chi connectivity index (χ2n) is 14.8. The van der Waals surface area contributed by atoms with E-state index in [9.17, 15) is 59.4 Å². The van der Waals surface area contributed by atoms with Gasteiger partial charge in [0.1, 0.15) is 35.1 Å². The highest BCUT2D eigenvalue weighted by Crippen LogP contribution is 2.41. The molecule has 0 radical (unpaired) electrons. The number of urea groups is 2. The zero-order chi connectivity index (χ0) is 47.4. The molecule has 18 nitrogen and oxygen atoms in total. The van der Waals surface area contributed by atoms with E-state index in [-0.39, 0.29) is 94.9 Å². The summed E-state index contributed by atoms with van der Waals surface area (Å²) in [5.41, 5.74) is 5.60. The zero-order valence-corrected chi connectivity index (χ0v) is 39.6. The third-order valence-corrected chi connectivity index (χ3v) is 10.4. The lowest BCUT2D eigenvalue weighted by molar-refractivity contribution is -0.205. The van der Waals surface area contributed by atoms with Crippen LogP contribution in [-0.4, -0.2) is 128 Å². The number of nitrogens with one attached hydrogen (secondary N) is 2. The number of carboxylic acids is 1. The summed E-state index contributed by atoms with van der Waals surface area (Å²) in [7, 11) is 0. The Morgan fingerprint density at radius 3 is 1.45 bits per heavy atom. The van der Waals surface area contributed by atoms with E-state index in [2.05, 4.69) is 41.2 Å². The average Bonchev–Trinajstić information content (AvgIpc) is 3.88. The number of hydrogen-bond donors (Lipinski definition) is 6. The summed E-state index contributed by atoms with van der Waals surface area (Å²) in [6.45, 7) is 1.88. The van der Waals surface area contributed by atoms with Gasteiger partial charge in [0.25, 0.3) is 0 Å². The lowest BCUT2D eigenvalue weighted by Gasteiger charge is -2.35. The van der Waals surface area contributed by atoms with Crippen molar-refractivity contribution in [2.75, 3.05) is 63.0 Å². The maximum atomic E-state index is 13.1. The number of nitrogens with two attached hydrogens (primary N) is 1. The molecule has 0 spiro atoms. The zero-order valence-electron chi connectivity index (χ0n) is 35.6. The summed E-state index contributed by atoms with van der Waals surface area (Å²) in [6, 6.07) is 9.74. The largest absolute Gasteiger partial charge is 0.477 e. The summed E-state index contributed by atoms with van der Waals surface area (Å²) in [6.07, 6.45) is -12.3. The Balaban J connectivity index is 0.000000396. The number of halogens is 8.